The summed E-state index contributed by atoms with van der Waals surface area (Å²) in [4.78, 5) is 16.4. The van der Waals surface area contributed by atoms with Crippen molar-refractivity contribution in [2.45, 2.75) is 32.7 Å². The molecule has 2 aliphatic heterocycles. The van der Waals surface area contributed by atoms with E-state index in [-0.39, 0.29) is 11.9 Å². The molecule has 2 unspecified atom stereocenters. The van der Waals surface area contributed by atoms with E-state index in [9.17, 15) is 4.79 Å². The van der Waals surface area contributed by atoms with Gasteiger partial charge in [0.05, 0.1) is 6.54 Å². The standard InChI is InChI=1S/C13H25N3O/c1-10-5-11(2)7-16(6-10)13(17)9-15-4-3-12(14)8-15/h10-12H,3-9,14H2,1-2H3/t10?,11?,12-/m0/s1. The molecule has 3 atom stereocenters. The summed E-state index contributed by atoms with van der Waals surface area (Å²) in [5, 5.41) is 0. The zero-order chi connectivity index (χ0) is 12.4. The van der Waals surface area contributed by atoms with Crippen molar-refractivity contribution < 1.29 is 4.79 Å². The predicted octanol–water partition coefficient (Wildman–Crippen LogP) is 0.524. The SMILES string of the molecule is CC1CC(C)CN(C(=O)CN2CC[C@H](N)C2)C1. The third kappa shape index (κ3) is 3.42. The van der Waals surface area contributed by atoms with Gasteiger partial charge in [-0.2, -0.15) is 0 Å². The summed E-state index contributed by atoms with van der Waals surface area (Å²) in [6.07, 6.45) is 2.28. The van der Waals surface area contributed by atoms with Crippen LogP contribution >= 0.6 is 0 Å². The average Bonchev–Trinajstić information content (AvgIpc) is 2.62. The Hall–Kier alpha value is -0.610. The van der Waals surface area contributed by atoms with Crippen molar-refractivity contribution in [3.05, 3.63) is 0 Å². The first-order valence-corrected chi connectivity index (χ1v) is 6.80. The van der Waals surface area contributed by atoms with E-state index in [1.807, 2.05) is 4.90 Å². The normalized spacial score (nSPS) is 35.2. The quantitative estimate of drug-likeness (QED) is 0.764. The van der Waals surface area contributed by atoms with Crippen LogP contribution in [0.5, 0.6) is 0 Å². The molecule has 0 aromatic carbocycles. The molecule has 0 aromatic heterocycles. The Balaban J connectivity index is 1.82. The second-order valence-electron chi connectivity index (χ2n) is 6.03. The molecule has 0 aliphatic carbocycles. The Morgan fingerprint density at radius 1 is 1.24 bits per heavy atom. The van der Waals surface area contributed by atoms with E-state index in [0.29, 0.717) is 18.4 Å². The van der Waals surface area contributed by atoms with E-state index < -0.39 is 0 Å². The van der Waals surface area contributed by atoms with Crippen molar-refractivity contribution in [1.82, 2.24) is 9.80 Å². The second-order valence-corrected chi connectivity index (χ2v) is 6.03. The van der Waals surface area contributed by atoms with Crippen LogP contribution in [0.3, 0.4) is 0 Å². The van der Waals surface area contributed by atoms with Crippen molar-refractivity contribution in [3.63, 3.8) is 0 Å². The minimum Gasteiger partial charge on any atom is -0.341 e. The maximum Gasteiger partial charge on any atom is 0.236 e. The molecule has 98 valence electrons. The first-order chi connectivity index (χ1) is 8.04. The topological polar surface area (TPSA) is 49.6 Å². The lowest BCUT2D eigenvalue weighted by molar-refractivity contribution is -0.134. The van der Waals surface area contributed by atoms with Crippen LogP contribution < -0.4 is 5.73 Å². The van der Waals surface area contributed by atoms with Gasteiger partial charge in [0, 0.05) is 32.2 Å². The highest BCUT2D eigenvalue weighted by Crippen LogP contribution is 2.21. The maximum atomic E-state index is 12.2. The highest BCUT2D eigenvalue weighted by Gasteiger charge is 2.28. The molecule has 2 N–H and O–H groups in total. The first kappa shape index (κ1) is 12.8. The number of likely N-dealkylation sites (tertiary alicyclic amines) is 2. The molecule has 17 heavy (non-hydrogen) atoms. The molecule has 0 aromatic rings. The van der Waals surface area contributed by atoms with Gasteiger partial charge in [0.15, 0.2) is 0 Å². The van der Waals surface area contributed by atoms with Crippen molar-refractivity contribution in [3.8, 4) is 0 Å². The van der Waals surface area contributed by atoms with Crippen LogP contribution in [-0.4, -0.2) is 54.5 Å². The number of hydrogen-bond acceptors (Lipinski definition) is 3. The van der Waals surface area contributed by atoms with Gasteiger partial charge < -0.3 is 10.6 Å². The van der Waals surface area contributed by atoms with Crippen molar-refractivity contribution in [1.29, 1.82) is 0 Å². The largest absolute Gasteiger partial charge is 0.341 e. The van der Waals surface area contributed by atoms with Gasteiger partial charge in [0.1, 0.15) is 0 Å². The summed E-state index contributed by atoms with van der Waals surface area (Å²) in [6.45, 7) is 8.76. The minimum absolute atomic E-state index is 0.266. The molecule has 2 fully saturated rings. The Bertz CT molecular complexity index is 272. The molecule has 2 heterocycles. The molecule has 2 rings (SSSR count). The molecule has 0 saturated carbocycles. The van der Waals surface area contributed by atoms with Gasteiger partial charge in [-0.15, -0.1) is 0 Å². The fourth-order valence-electron chi connectivity index (χ4n) is 3.16. The Labute approximate surface area is 104 Å². The van der Waals surface area contributed by atoms with Gasteiger partial charge in [-0.25, -0.2) is 0 Å². The third-order valence-electron chi connectivity index (χ3n) is 3.89. The van der Waals surface area contributed by atoms with Gasteiger partial charge in [-0.3, -0.25) is 9.69 Å². The van der Waals surface area contributed by atoms with Crippen molar-refractivity contribution in [2.75, 3.05) is 32.7 Å². The van der Waals surface area contributed by atoms with Crippen LogP contribution in [0, 0.1) is 11.8 Å². The van der Waals surface area contributed by atoms with E-state index in [1.54, 1.807) is 0 Å². The van der Waals surface area contributed by atoms with E-state index in [1.165, 1.54) is 6.42 Å². The molecule has 0 spiro atoms. The molecular weight excluding hydrogens is 214 g/mol. The van der Waals surface area contributed by atoms with E-state index in [0.717, 1.165) is 32.6 Å². The lowest BCUT2D eigenvalue weighted by Gasteiger charge is -2.35. The van der Waals surface area contributed by atoms with Gasteiger partial charge in [-0.05, 0) is 24.7 Å². The smallest absolute Gasteiger partial charge is 0.236 e. The summed E-state index contributed by atoms with van der Waals surface area (Å²) in [5.41, 5.74) is 5.86. The molecule has 0 bridgehead atoms. The van der Waals surface area contributed by atoms with E-state index in [2.05, 4.69) is 18.7 Å². The summed E-state index contributed by atoms with van der Waals surface area (Å²) in [5.74, 6) is 1.57. The number of piperidine rings is 1. The zero-order valence-electron chi connectivity index (χ0n) is 11.1. The average molecular weight is 239 g/mol. The van der Waals surface area contributed by atoms with Crippen molar-refractivity contribution >= 4 is 5.91 Å². The molecule has 4 nitrogen and oxygen atoms in total. The number of hydrogen-bond donors (Lipinski definition) is 1. The van der Waals surface area contributed by atoms with Gasteiger partial charge >= 0.3 is 0 Å². The Kier molecular flexibility index (Phi) is 4.05. The maximum absolute atomic E-state index is 12.2. The summed E-state index contributed by atoms with van der Waals surface area (Å²) in [7, 11) is 0. The Morgan fingerprint density at radius 3 is 2.41 bits per heavy atom. The number of nitrogens with two attached hydrogens (primary N) is 1. The fraction of sp³-hybridized carbons (Fsp3) is 0.923. The van der Waals surface area contributed by atoms with Crippen LogP contribution in [0.25, 0.3) is 0 Å². The second kappa shape index (κ2) is 5.36. The van der Waals surface area contributed by atoms with Crippen LogP contribution in [0.4, 0.5) is 0 Å². The van der Waals surface area contributed by atoms with Crippen LogP contribution in [0.1, 0.15) is 26.7 Å². The molecule has 2 saturated heterocycles. The Morgan fingerprint density at radius 2 is 1.88 bits per heavy atom. The molecule has 0 radical (unpaired) electrons. The molecule has 4 heteroatoms. The molecule has 1 amide bonds. The number of carbonyl (C=O) groups excluding carboxylic acids is 1. The monoisotopic (exact) mass is 239 g/mol. The zero-order valence-corrected chi connectivity index (χ0v) is 11.1. The number of nitrogens with zero attached hydrogens (tertiary/aromatic N) is 2. The van der Waals surface area contributed by atoms with Crippen molar-refractivity contribution in [2.24, 2.45) is 17.6 Å². The summed E-state index contributed by atoms with van der Waals surface area (Å²) < 4.78 is 0. The fourth-order valence-corrected chi connectivity index (χ4v) is 3.16. The van der Waals surface area contributed by atoms with Crippen LogP contribution in [0.15, 0.2) is 0 Å². The van der Waals surface area contributed by atoms with E-state index >= 15 is 0 Å². The van der Waals surface area contributed by atoms with Gasteiger partial charge in [0.2, 0.25) is 5.91 Å². The summed E-state index contributed by atoms with van der Waals surface area (Å²) in [6, 6.07) is 0.266. The van der Waals surface area contributed by atoms with Gasteiger partial charge in [-0.1, -0.05) is 13.8 Å². The predicted molar refractivity (Wildman–Crippen MR) is 68.6 cm³/mol. The van der Waals surface area contributed by atoms with E-state index in [4.69, 9.17) is 5.73 Å². The number of rotatable bonds is 2. The molecular formula is C13H25N3O. The lowest BCUT2D eigenvalue weighted by atomic mass is 9.92. The highest BCUT2D eigenvalue weighted by molar-refractivity contribution is 5.78. The summed E-state index contributed by atoms with van der Waals surface area (Å²) >= 11 is 0. The van der Waals surface area contributed by atoms with Gasteiger partial charge in [0.25, 0.3) is 0 Å². The first-order valence-electron chi connectivity index (χ1n) is 6.80. The molecule has 2 aliphatic rings. The minimum atomic E-state index is 0.266. The number of amides is 1. The third-order valence-corrected chi connectivity index (χ3v) is 3.89. The highest BCUT2D eigenvalue weighted by atomic mass is 16.2. The van der Waals surface area contributed by atoms with Crippen LogP contribution in [-0.2, 0) is 4.79 Å². The number of carbonyl (C=O) groups is 1. The lowest BCUT2D eigenvalue weighted by Crippen LogP contribution is -2.46. The van der Waals surface area contributed by atoms with Crippen LogP contribution in [0.2, 0.25) is 0 Å².